The van der Waals surface area contributed by atoms with Gasteiger partial charge in [0.2, 0.25) is 0 Å². The van der Waals surface area contributed by atoms with Crippen LogP contribution >= 0.6 is 27.5 Å². The van der Waals surface area contributed by atoms with Gasteiger partial charge in [-0.1, -0.05) is 27.5 Å². The molecule has 0 aliphatic carbocycles. The Morgan fingerprint density at radius 3 is 2.75 bits per heavy atom. The van der Waals surface area contributed by atoms with Crippen molar-refractivity contribution in [2.45, 2.75) is 6.42 Å². The van der Waals surface area contributed by atoms with Crippen LogP contribution in [0, 0.1) is 0 Å². The zero-order valence-corrected chi connectivity index (χ0v) is 6.54. The largest absolute Gasteiger partial charge is 0.449 e. The van der Waals surface area contributed by atoms with E-state index in [0.29, 0.717) is 11.8 Å². The van der Waals surface area contributed by atoms with E-state index in [2.05, 4.69) is 20.7 Å². The summed E-state index contributed by atoms with van der Waals surface area (Å²) < 4.78 is 4.38. The highest BCUT2D eigenvalue weighted by molar-refractivity contribution is 9.09. The zero-order chi connectivity index (χ0) is 6.41. The number of carbonyl (C=O) groups excluding carboxylic acids is 1. The number of alkyl halides is 2. The molecular weight excluding hydrogens is 195 g/mol. The van der Waals surface area contributed by atoms with Crippen molar-refractivity contribution < 1.29 is 9.53 Å². The van der Waals surface area contributed by atoms with Crippen LogP contribution < -0.4 is 0 Å². The van der Waals surface area contributed by atoms with E-state index in [4.69, 9.17) is 11.6 Å². The molecule has 0 spiro atoms. The first-order valence-electron chi connectivity index (χ1n) is 2.08. The molecule has 0 radical (unpaired) electrons. The molecule has 0 unspecified atom stereocenters. The van der Waals surface area contributed by atoms with Gasteiger partial charge in [-0.25, -0.2) is 0 Å². The minimum atomic E-state index is -0.267. The van der Waals surface area contributed by atoms with Gasteiger partial charge in [0.25, 0.3) is 0 Å². The van der Waals surface area contributed by atoms with Gasteiger partial charge in [-0.2, -0.15) is 0 Å². The lowest BCUT2D eigenvalue weighted by Crippen LogP contribution is -2.02. The van der Waals surface area contributed by atoms with Crippen LogP contribution in [0.3, 0.4) is 0 Å². The van der Waals surface area contributed by atoms with Gasteiger partial charge >= 0.3 is 5.97 Å². The number of ether oxygens (including phenoxy) is 1. The van der Waals surface area contributed by atoms with Gasteiger partial charge < -0.3 is 4.74 Å². The molecule has 0 atom stereocenters. The Morgan fingerprint density at radius 1 is 1.75 bits per heavy atom. The second kappa shape index (κ2) is 5.38. The second-order valence-electron chi connectivity index (χ2n) is 1.06. The summed E-state index contributed by atoms with van der Waals surface area (Å²) >= 11 is 8.15. The van der Waals surface area contributed by atoms with Crippen LogP contribution in [-0.2, 0) is 9.53 Å². The molecule has 0 saturated heterocycles. The summed E-state index contributed by atoms with van der Waals surface area (Å²) in [4.78, 5) is 10.3. The maximum atomic E-state index is 10.3. The Kier molecular flexibility index (Phi) is 5.54. The van der Waals surface area contributed by atoms with Crippen LogP contribution in [0.5, 0.6) is 0 Å². The number of halogens is 2. The topological polar surface area (TPSA) is 26.3 Å². The zero-order valence-electron chi connectivity index (χ0n) is 4.19. The first-order chi connectivity index (χ1) is 3.81. The van der Waals surface area contributed by atoms with Gasteiger partial charge in [-0.05, 0) is 0 Å². The lowest BCUT2D eigenvalue weighted by molar-refractivity contribution is -0.141. The minimum absolute atomic E-state index is 0.0498. The molecule has 0 bridgehead atoms. The van der Waals surface area contributed by atoms with Crippen LogP contribution in [0.4, 0.5) is 0 Å². The molecule has 0 aromatic heterocycles. The fourth-order valence-corrected chi connectivity index (χ4v) is 0.656. The Morgan fingerprint density at radius 2 is 2.38 bits per heavy atom. The summed E-state index contributed by atoms with van der Waals surface area (Å²) in [5.41, 5.74) is 0. The highest BCUT2D eigenvalue weighted by Crippen LogP contribution is 1.91. The van der Waals surface area contributed by atoms with Gasteiger partial charge in [-0.3, -0.25) is 4.79 Å². The number of hydrogen-bond donors (Lipinski definition) is 0. The SMILES string of the molecule is O=C(CCBr)OCCl. The molecular formula is C4H6BrClO2. The molecule has 0 rings (SSSR count). The van der Waals surface area contributed by atoms with E-state index in [1.165, 1.54) is 0 Å². The van der Waals surface area contributed by atoms with Gasteiger partial charge in [0.1, 0.15) is 0 Å². The average molecular weight is 201 g/mol. The van der Waals surface area contributed by atoms with Crippen molar-refractivity contribution in [1.82, 2.24) is 0 Å². The van der Waals surface area contributed by atoms with Gasteiger partial charge in [0.15, 0.2) is 6.07 Å². The Balaban J connectivity index is 3.06. The number of carbonyl (C=O) groups is 1. The lowest BCUT2D eigenvalue weighted by atomic mass is 10.5. The monoisotopic (exact) mass is 200 g/mol. The average Bonchev–Trinajstić information content (AvgIpc) is 1.68. The van der Waals surface area contributed by atoms with Gasteiger partial charge in [0, 0.05) is 5.33 Å². The third-order valence-electron chi connectivity index (χ3n) is 0.514. The molecule has 0 fully saturated rings. The normalized spacial score (nSPS) is 8.75. The van der Waals surface area contributed by atoms with E-state index in [0.717, 1.165) is 0 Å². The Labute approximate surface area is 61.3 Å². The van der Waals surface area contributed by atoms with Crippen molar-refractivity contribution in [3.05, 3.63) is 0 Å². The van der Waals surface area contributed by atoms with E-state index in [1.54, 1.807) is 0 Å². The molecule has 8 heavy (non-hydrogen) atoms. The van der Waals surface area contributed by atoms with Gasteiger partial charge in [0.05, 0.1) is 6.42 Å². The highest BCUT2D eigenvalue weighted by Gasteiger charge is 1.96. The minimum Gasteiger partial charge on any atom is -0.449 e. The smallest absolute Gasteiger partial charge is 0.307 e. The molecule has 0 aromatic rings. The van der Waals surface area contributed by atoms with Crippen LogP contribution in [-0.4, -0.2) is 17.4 Å². The summed E-state index contributed by atoms with van der Waals surface area (Å²) in [5.74, 6) is -0.267. The predicted octanol–water partition coefficient (Wildman–Crippen LogP) is 1.51. The highest BCUT2D eigenvalue weighted by atomic mass is 79.9. The Hall–Kier alpha value is 0.240. The van der Waals surface area contributed by atoms with Crippen molar-refractivity contribution in [2.75, 3.05) is 11.4 Å². The van der Waals surface area contributed by atoms with E-state index in [9.17, 15) is 4.79 Å². The molecule has 0 aromatic carbocycles. The van der Waals surface area contributed by atoms with Crippen LogP contribution in [0.25, 0.3) is 0 Å². The first kappa shape index (κ1) is 8.24. The summed E-state index contributed by atoms with van der Waals surface area (Å²) in [7, 11) is 0. The maximum Gasteiger partial charge on any atom is 0.307 e. The fourth-order valence-electron chi connectivity index (χ4n) is 0.210. The Bertz CT molecular complexity index is 68.4. The molecule has 0 amide bonds. The number of hydrogen-bond acceptors (Lipinski definition) is 2. The standard InChI is InChI=1S/C4H6BrClO2/c5-2-1-4(7)8-3-6/h1-3H2. The second-order valence-corrected chi connectivity index (χ2v) is 2.08. The number of rotatable bonds is 3. The summed E-state index contributed by atoms with van der Waals surface area (Å²) in [6, 6.07) is -0.0498. The molecule has 0 N–H and O–H groups in total. The van der Waals surface area contributed by atoms with Crippen molar-refractivity contribution in [1.29, 1.82) is 0 Å². The molecule has 2 nitrogen and oxygen atoms in total. The van der Waals surface area contributed by atoms with Crippen LogP contribution in [0.1, 0.15) is 6.42 Å². The van der Waals surface area contributed by atoms with Crippen molar-refractivity contribution in [3.8, 4) is 0 Å². The van der Waals surface area contributed by atoms with E-state index in [-0.39, 0.29) is 12.0 Å². The summed E-state index contributed by atoms with van der Waals surface area (Å²) in [6.07, 6.45) is 0.382. The molecule has 48 valence electrons. The molecule has 4 heteroatoms. The summed E-state index contributed by atoms with van der Waals surface area (Å²) in [5, 5.41) is 0.628. The maximum absolute atomic E-state index is 10.3. The summed E-state index contributed by atoms with van der Waals surface area (Å²) in [6.45, 7) is 0. The first-order valence-corrected chi connectivity index (χ1v) is 3.74. The van der Waals surface area contributed by atoms with Crippen molar-refractivity contribution in [3.63, 3.8) is 0 Å². The van der Waals surface area contributed by atoms with Crippen LogP contribution in [0.2, 0.25) is 0 Å². The fraction of sp³-hybridized carbons (Fsp3) is 0.750. The molecule has 0 aliphatic heterocycles. The molecule has 0 saturated carbocycles. The third kappa shape index (κ3) is 4.40. The van der Waals surface area contributed by atoms with Crippen LogP contribution in [0.15, 0.2) is 0 Å². The predicted molar refractivity (Wildman–Crippen MR) is 35.2 cm³/mol. The number of esters is 1. The third-order valence-corrected chi connectivity index (χ3v) is 1.02. The van der Waals surface area contributed by atoms with Crippen molar-refractivity contribution >= 4 is 33.5 Å². The van der Waals surface area contributed by atoms with E-state index < -0.39 is 0 Å². The van der Waals surface area contributed by atoms with Gasteiger partial charge in [-0.15, -0.1) is 0 Å². The molecule has 0 heterocycles. The van der Waals surface area contributed by atoms with E-state index >= 15 is 0 Å². The quantitative estimate of drug-likeness (QED) is 0.511. The van der Waals surface area contributed by atoms with E-state index in [1.807, 2.05) is 0 Å². The molecule has 0 aliphatic rings. The lowest BCUT2D eigenvalue weighted by Gasteiger charge is -1.94. The van der Waals surface area contributed by atoms with Crippen molar-refractivity contribution in [2.24, 2.45) is 0 Å².